The molecule has 3 amide bonds. The highest BCUT2D eigenvalue weighted by Gasteiger charge is 2.76. The van der Waals surface area contributed by atoms with Crippen molar-refractivity contribution in [3.05, 3.63) is 60.2 Å². The van der Waals surface area contributed by atoms with Crippen molar-refractivity contribution in [1.82, 2.24) is 10.2 Å². The Morgan fingerprint density at radius 2 is 1.79 bits per heavy atom. The quantitative estimate of drug-likeness (QED) is 0.374. The van der Waals surface area contributed by atoms with Gasteiger partial charge in [0.05, 0.1) is 29.2 Å². The van der Waals surface area contributed by atoms with E-state index in [1.165, 1.54) is 0 Å². The van der Waals surface area contributed by atoms with Gasteiger partial charge in [0.2, 0.25) is 17.7 Å². The number of likely N-dealkylation sites (tertiary alicyclic amines) is 1. The average Bonchev–Trinajstić information content (AvgIpc) is 3.54. The van der Waals surface area contributed by atoms with Crippen LogP contribution in [0.2, 0.25) is 0 Å². The molecule has 3 fully saturated rings. The zero-order valence-electron chi connectivity index (χ0n) is 22.3. The SMILES string of the molecule is CCN(CC)c1ccc(NC(=O)C2N([C@H](CO)c3ccccc3)C(=O)[C@@H]3[C@@H](C(=O)NC)[C@@H]4SC23CC4Br)cc1. The van der Waals surface area contributed by atoms with E-state index < -0.39 is 28.7 Å². The molecule has 0 radical (unpaired) electrons. The van der Waals surface area contributed by atoms with Crippen LogP contribution in [0.4, 0.5) is 11.4 Å². The second-order valence-electron chi connectivity index (χ2n) is 10.3. The van der Waals surface area contributed by atoms with Crippen LogP contribution in [0.3, 0.4) is 0 Å². The molecule has 7 atom stereocenters. The lowest BCUT2D eigenvalue weighted by atomic mass is 9.70. The van der Waals surface area contributed by atoms with Gasteiger partial charge in [0.15, 0.2) is 0 Å². The van der Waals surface area contributed by atoms with Crippen LogP contribution in [-0.2, 0) is 14.4 Å². The van der Waals surface area contributed by atoms with Crippen LogP contribution in [0, 0.1) is 11.8 Å². The van der Waals surface area contributed by atoms with E-state index in [2.05, 4.69) is 45.3 Å². The number of nitrogens with one attached hydrogen (secondary N) is 2. The first-order chi connectivity index (χ1) is 18.8. The fourth-order valence-corrected chi connectivity index (χ4v) is 10.4. The largest absolute Gasteiger partial charge is 0.394 e. The number of hydrogen-bond acceptors (Lipinski definition) is 6. The van der Waals surface area contributed by atoms with Crippen molar-refractivity contribution < 1.29 is 19.5 Å². The van der Waals surface area contributed by atoms with E-state index in [0.717, 1.165) is 24.3 Å². The summed E-state index contributed by atoms with van der Waals surface area (Å²) in [6.45, 7) is 5.62. The van der Waals surface area contributed by atoms with Crippen molar-refractivity contribution in [2.75, 3.05) is 37.0 Å². The molecule has 3 heterocycles. The van der Waals surface area contributed by atoms with Gasteiger partial charge in [-0.15, -0.1) is 11.8 Å². The van der Waals surface area contributed by atoms with Crippen LogP contribution in [-0.4, -0.2) is 75.3 Å². The van der Waals surface area contributed by atoms with Gasteiger partial charge in [0, 0.05) is 41.6 Å². The maximum absolute atomic E-state index is 14.3. The molecule has 0 aliphatic carbocycles. The Balaban J connectivity index is 1.54. The number of anilines is 2. The van der Waals surface area contributed by atoms with Crippen LogP contribution >= 0.6 is 27.7 Å². The Morgan fingerprint density at radius 1 is 1.13 bits per heavy atom. The summed E-state index contributed by atoms with van der Waals surface area (Å²) in [5.41, 5.74) is 2.45. The molecule has 10 heteroatoms. The van der Waals surface area contributed by atoms with Crippen molar-refractivity contribution in [2.45, 2.75) is 47.2 Å². The monoisotopic (exact) mass is 614 g/mol. The van der Waals surface area contributed by atoms with Gasteiger partial charge in [0.1, 0.15) is 6.04 Å². The molecule has 3 saturated heterocycles. The minimum absolute atomic E-state index is 0.0123. The number of hydrogen-bond donors (Lipinski definition) is 3. The van der Waals surface area contributed by atoms with Gasteiger partial charge in [-0.05, 0) is 50.1 Å². The predicted octanol–water partition coefficient (Wildman–Crippen LogP) is 3.42. The van der Waals surface area contributed by atoms with Crippen LogP contribution in [0.15, 0.2) is 54.6 Å². The summed E-state index contributed by atoms with van der Waals surface area (Å²) < 4.78 is -0.791. The van der Waals surface area contributed by atoms with E-state index in [9.17, 15) is 19.5 Å². The first-order valence-electron chi connectivity index (χ1n) is 13.5. The third-order valence-electron chi connectivity index (χ3n) is 8.48. The summed E-state index contributed by atoms with van der Waals surface area (Å²) in [7, 11) is 1.58. The molecule has 0 aromatic heterocycles. The van der Waals surface area contributed by atoms with Crippen LogP contribution < -0.4 is 15.5 Å². The fraction of sp³-hybridized carbons (Fsp3) is 0.483. The molecule has 3 unspecified atom stereocenters. The normalized spacial score (nSPS) is 29.7. The summed E-state index contributed by atoms with van der Waals surface area (Å²) >= 11 is 5.35. The van der Waals surface area contributed by atoms with E-state index in [0.29, 0.717) is 12.1 Å². The first-order valence-corrected chi connectivity index (χ1v) is 15.3. The summed E-state index contributed by atoms with van der Waals surface area (Å²) in [6.07, 6.45) is 0.578. The standard InChI is InChI=1S/C29H35BrN4O4S/c1-4-33(5-2)19-13-11-18(12-14-19)32-27(37)25-29-15-20(30)24(39-29)22(26(36)31-3)23(29)28(38)34(25)21(16-35)17-9-7-6-8-10-17/h6-14,20-25,35H,4-5,15-16H2,1-3H3,(H,31,36)(H,32,37)/t20?,21-,22-,23+,24-,25?,29?/m1/s1. The lowest BCUT2D eigenvalue weighted by molar-refractivity contribution is -0.142. The third kappa shape index (κ3) is 4.54. The van der Waals surface area contributed by atoms with Crippen molar-refractivity contribution in [3.63, 3.8) is 0 Å². The number of nitrogens with zero attached hydrogens (tertiary/aromatic N) is 2. The highest BCUT2D eigenvalue weighted by atomic mass is 79.9. The van der Waals surface area contributed by atoms with Gasteiger partial charge in [0.25, 0.3) is 0 Å². The number of amides is 3. The number of benzene rings is 2. The second kappa shape index (κ2) is 11.1. The maximum atomic E-state index is 14.3. The van der Waals surface area contributed by atoms with Gasteiger partial charge in [-0.2, -0.15) is 0 Å². The Hall–Kier alpha value is -2.56. The van der Waals surface area contributed by atoms with Gasteiger partial charge < -0.3 is 25.5 Å². The average molecular weight is 616 g/mol. The Morgan fingerprint density at radius 3 is 2.38 bits per heavy atom. The number of thioether (sulfide) groups is 1. The van der Waals surface area contributed by atoms with Crippen molar-refractivity contribution >= 4 is 56.8 Å². The van der Waals surface area contributed by atoms with E-state index in [4.69, 9.17) is 0 Å². The Labute approximate surface area is 242 Å². The third-order valence-corrected chi connectivity index (χ3v) is 11.7. The minimum Gasteiger partial charge on any atom is -0.394 e. The highest BCUT2D eigenvalue weighted by molar-refractivity contribution is 9.09. The summed E-state index contributed by atoms with van der Waals surface area (Å²) in [4.78, 5) is 45.3. The van der Waals surface area contributed by atoms with E-state index in [-0.39, 0.29) is 34.4 Å². The van der Waals surface area contributed by atoms with Gasteiger partial charge in [-0.25, -0.2) is 0 Å². The molecule has 3 aliphatic rings. The maximum Gasteiger partial charge on any atom is 0.248 e. The number of aliphatic hydroxyl groups excluding tert-OH is 1. The molecule has 2 aromatic rings. The molecule has 5 rings (SSSR count). The molecule has 3 aliphatic heterocycles. The number of carbonyl (C=O) groups excluding carboxylic acids is 3. The van der Waals surface area contributed by atoms with E-state index in [1.807, 2.05) is 54.6 Å². The zero-order valence-corrected chi connectivity index (χ0v) is 24.7. The van der Waals surface area contributed by atoms with Gasteiger partial charge >= 0.3 is 0 Å². The number of carbonyl (C=O) groups is 3. The number of alkyl halides is 1. The highest BCUT2D eigenvalue weighted by Crippen LogP contribution is 2.68. The van der Waals surface area contributed by atoms with E-state index in [1.54, 1.807) is 23.7 Å². The number of halogens is 1. The topological polar surface area (TPSA) is 102 Å². The molecule has 2 aromatic carbocycles. The van der Waals surface area contributed by atoms with Crippen LogP contribution in [0.25, 0.3) is 0 Å². The summed E-state index contributed by atoms with van der Waals surface area (Å²) in [5, 5.41) is 16.2. The molecule has 1 spiro atoms. The smallest absolute Gasteiger partial charge is 0.248 e. The second-order valence-corrected chi connectivity index (χ2v) is 13.1. The molecule has 8 nitrogen and oxygen atoms in total. The fourth-order valence-electron chi connectivity index (χ4n) is 6.75. The van der Waals surface area contributed by atoms with E-state index >= 15 is 0 Å². The predicted molar refractivity (Wildman–Crippen MR) is 158 cm³/mol. The van der Waals surface area contributed by atoms with Crippen molar-refractivity contribution in [3.8, 4) is 0 Å². The Bertz CT molecular complexity index is 1230. The summed E-state index contributed by atoms with van der Waals surface area (Å²) in [6, 6.07) is 15.4. The van der Waals surface area contributed by atoms with Gasteiger partial charge in [-0.3, -0.25) is 14.4 Å². The molecule has 208 valence electrons. The molecular formula is C29H35BrN4O4S. The summed E-state index contributed by atoms with van der Waals surface area (Å²) in [5.74, 6) is -1.96. The number of fused-ring (bicyclic) bond motifs is 1. The lowest BCUT2D eigenvalue weighted by Gasteiger charge is -2.37. The molecule has 3 N–H and O–H groups in total. The first kappa shape index (κ1) is 28.0. The van der Waals surface area contributed by atoms with Crippen LogP contribution in [0.5, 0.6) is 0 Å². The molecule has 39 heavy (non-hydrogen) atoms. The minimum atomic E-state index is -0.862. The van der Waals surface area contributed by atoms with Crippen LogP contribution in [0.1, 0.15) is 31.9 Å². The molecule has 0 saturated carbocycles. The zero-order chi connectivity index (χ0) is 27.9. The van der Waals surface area contributed by atoms with Gasteiger partial charge in [-0.1, -0.05) is 46.3 Å². The van der Waals surface area contributed by atoms with Crippen molar-refractivity contribution in [2.24, 2.45) is 11.8 Å². The number of rotatable bonds is 9. The number of aliphatic hydroxyl groups is 1. The Kier molecular flexibility index (Phi) is 7.99. The lowest BCUT2D eigenvalue weighted by Crippen LogP contribution is -2.53. The van der Waals surface area contributed by atoms with Crippen molar-refractivity contribution in [1.29, 1.82) is 0 Å². The molecular weight excluding hydrogens is 580 g/mol. The molecule has 2 bridgehead atoms.